The number of esters is 1. The Kier molecular flexibility index (Phi) is 9.34. The van der Waals surface area contributed by atoms with Gasteiger partial charge < -0.3 is 19.4 Å². The molecule has 9 nitrogen and oxygen atoms in total. The second-order valence-electron chi connectivity index (χ2n) is 9.04. The van der Waals surface area contributed by atoms with Crippen molar-refractivity contribution in [2.75, 3.05) is 45.9 Å². The van der Waals surface area contributed by atoms with Crippen LogP contribution in [-0.4, -0.2) is 75.4 Å². The first-order chi connectivity index (χ1) is 15.8. The molecule has 0 radical (unpaired) electrons. The molecule has 2 saturated heterocycles. The molecule has 33 heavy (non-hydrogen) atoms. The summed E-state index contributed by atoms with van der Waals surface area (Å²) in [6.45, 7) is 8.73. The van der Waals surface area contributed by atoms with Gasteiger partial charge in [0.2, 0.25) is 16.8 Å². The molecular formula is C23H37N3O6S. The second-order valence-corrected chi connectivity index (χ2v) is 10.9. The van der Waals surface area contributed by atoms with Crippen molar-refractivity contribution in [2.45, 2.75) is 57.5 Å². The topological polar surface area (TPSA) is 109 Å². The molecule has 0 spiro atoms. The molecule has 0 unspecified atom stereocenters. The quantitative estimate of drug-likeness (QED) is 0.402. The van der Waals surface area contributed by atoms with E-state index >= 15 is 0 Å². The van der Waals surface area contributed by atoms with Gasteiger partial charge in [0, 0.05) is 25.6 Å². The molecule has 0 aromatic carbocycles. The Balaban J connectivity index is 1.37. The predicted octanol–water partition coefficient (Wildman–Crippen LogP) is 2.49. The zero-order valence-electron chi connectivity index (χ0n) is 19.8. The molecule has 2 fully saturated rings. The van der Waals surface area contributed by atoms with Crippen LogP contribution in [0.1, 0.15) is 62.9 Å². The summed E-state index contributed by atoms with van der Waals surface area (Å²) in [5, 5.41) is 2.73. The van der Waals surface area contributed by atoms with Crippen LogP contribution in [0.4, 0.5) is 0 Å². The van der Waals surface area contributed by atoms with Crippen molar-refractivity contribution < 1.29 is 27.2 Å². The minimum absolute atomic E-state index is 0.00133. The summed E-state index contributed by atoms with van der Waals surface area (Å²) < 4.78 is 37.0. The van der Waals surface area contributed by atoms with Crippen molar-refractivity contribution in [2.24, 2.45) is 11.8 Å². The first-order valence-electron chi connectivity index (χ1n) is 12.1. The van der Waals surface area contributed by atoms with Crippen LogP contribution < -0.4 is 5.32 Å². The lowest BCUT2D eigenvalue weighted by Gasteiger charge is -2.30. The van der Waals surface area contributed by atoms with Crippen LogP contribution in [0.25, 0.3) is 0 Å². The SMILES string of the molecule is CCOC(=O)c1ccc(S(=O)(=O)N2CCC(C(=O)NCCCCN3CCC(C)CC3)CC2)o1. The monoisotopic (exact) mass is 483 g/mol. The smallest absolute Gasteiger partial charge is 0.374 e. The van der Waals surface area contributed by atoms with E-state index in [9.17, 15) is 18.0 Å². The number of hydrogen-bond acceptors (Lipinski definition) is 7. The lowest BCUT2D eigenvalue weighted by atomic mass is 9.97. The van der Waals surface area contributed by atoms with Gasteiger partial charge in [-0.15, -0.1) is 0 Å². The number of carbonyl (C=O) groups excluding carboxylic acids is 2. The average Bonchev–Trinajstić information content (AvgIpc) is 3.32. The third kappa shape index (κ3) is 7.04. The van der Waals surface area contributed by atoms with Crippen LogP contribution >= 0.6 is 0 Å². The van der Waals surface area contributed by atoms with Crippen LogP contribution in [0.2, 0.25) is 0 Å². The predicted molar refractivity (Wildman–Crippen MR) is 123 cm³/mol. The fourth-order valence-corrected chi connectivity index (χ4v) is 5.74. The molecule has 0 atom stereocenters. The van der Waals surface area contributed by atoms with Gasteiger partial charge in [0.05, 0.1) is 6.61 Å². The fourth-order valence-electron chi connectivity index (χ4n) is 4.36. The van der Waals surface area contributed by atoms with Crippen molar-refractivity contribution in [1.29, 1.82) is 0 Å². The number of sulfonamides is 1. The molecule has 2 aliphatic heterocycles. The number of nitrogens with zero attached hydrogens (tertiary/aromatic N) is 2. The maximum absolute atomic E-state index is 12.8. The van der Waals surface area contributed by atoms with E-state index in [1.54, 1.807) is 6.92 Å². The molecule has 10 heteroatoms. The van der Waals surface area contributed by atoms with E-state index in [0.29, 0.717) is 19.4 Å². The van der Waals surface area contributed by atoms with Crippen molar-refractivity contribution in [3.63, 3.8) is 0 Å². The van der Waals surface area contributed by atoms with Gasteiger partial charge in [-0.2, -0.15) is 4.31 Å². The number of rotatable bonds is 10. The molecule has 1 amide bonds. The van der Waals surface area contributed by atoms with Crippen molar-refractivity contribution in [1.82, 2.24) is 14.5 Å². The number of hydrogen-bond donors (Lipinski definition) is 1. The van der Waals surface area contributed by atoms with Crippen molar-refractivity contribution in [3.05, 3.63) is 17.9 Å². The van der Waals surface area contributed by atoms with E-state index in [4.69, 9.17) is 9.15 Å². The zero-order valence-corrected chi connectivity index (χ0v) is 20.6. The van der Waals surface area contributed by atoms with Crippen LogP contribution in [0.3, 0.4) is 0 Å². The van der Waals surface area contributed by atoms with Gasteiger partial charge in [0.15, 0.2) is 0 Å². The highest BCUT2D eigenvalue weighted by Crippen LogP contribution is 2.25. The largest absolute Gasteiger partial charge is 0.460 e. The van der Waals surface area contributed by atoms with Crippen LogP contribution in [0, 0.1) is 11.8 Å². The number of likely N-dealkylation sites (tertiary alicyclic amines) is 1. The molecule has 0 bridgehead atoms. The summed E-state index contributed by atoms with van der Waals surface area (Å²) in [7, 11) is -3.85. The number of unbranched alkanes of at least 4 members (excludes halogenated alkanes) is 1. The molecule has 3 heterocycles. The number of furan rings is 1. The van der Waals surface area contributed by atoms with Crippen molar-refractivity contribution >= 4 is 21.9 Å². The minimum Gasteiger partial charge on any atom is -0.460 e. The van der Waals surface area contributed by atoms with E-state index in [1.165, 1.54) is 42.4 Å². The van der Waals surface area contributed by atoms with Gasteiger partial charge in [-0.25, -0.2) is 13.2 Å². The summed E-state index contributed by atoms with van der Waals surface area (Å²) in [6, 6.07) is 2.57. The summed E-state index contributed by atoms with van der Waals surface area (Å²) in [4.78, 5) is 26.7. The number of carbonyl (C=O) groups is 2. The second kappa shape index (κ2) is 12.0. The molecule has 0 aliphatic carbocycles. The number of piperidine rings is 2. The Hall–Kier alpha value is -1.91. The molecule has 1 N–H and O–H groups in total. The zero-order chi connectivity index (χ0) is 23.8. The first kappa shape index (κ1) is 25.7. The normalized spacial score (nSPS) is 19.5. The van der Waals surface area contributed by atoms with Crippen LogP contribution in [0.15, 0.2) is 21.6 Å². The van der Waals surface area contributed by atoms with E-state index in [1.807, 2.05) is 0 Å². The highest BCUT2D eigenvalue weighted by molar-refractivity contribution is 7.89. The molecule has 2 aliphatic rings. The van der Waals surface area contributed by atoms with Gasteiger partial charge in [-0.3, -0.25) is 4.79 Å². The Labute approximate surface area is 196 Å². The Bertz CT molecular complexity index is 884. The average molecular weight is 484 g/mol. The summed E-state index contributed by atoms with van der Waals surface area (Å²) in [5.74, 6) is -0.185. The summed E-state index contributed by atoms with van der Waals surface area (Å²) >= 11 is 0. The van der Waals surface area contributed by atoms with Gasteiger partial charge in [0.25, 0.3) is 10.0 Å². The summed E-state index contributed by atoms with van der Waals surface area (Å²) in [6.07, 6.45) is 5.49. The highest BCUT2D eigenvalue weighted by atomic mass is 32.2. The van der Waals surface area contributed by atoms with E-state index in [-0.39, 0.29) is 42.4 Å². The molecule has 1 aromatic rings. The van der Waals surface area contributed by atoms with Crippen molar-refractivity contribution in [3.8, 4) is 0 Å². The van der Waals surface area contributed by atoms with Gasteiger partial charge in [-0.05, 0) is 83.1 Å². The molecule has 3 rings (SSSR count). The first-order valence-corrected chi connectivity index (χ1v) is 13.5. The van der Waals surface area contributed by atoms with Gasteiger partial charge in [0.1, 0.15) is 0 Å². The Morgan fingerprint density at radius 1 is 1.09 bits per heavy atom. The molecule has 186 valence electrons. The maximum atomic E-state index is 12.8. The fraction of sp³-hybridized carbons (Fsp3) is 0.739. The van der Waals surface area contributed by atoms with Crippen LogP contribution in [0.5, 0.6) is 0 Å². The van der Waals surface area contributed by atoms with E-state index in [2.05, 4.69) is 17.1 Å². The maximum Gasteiger partial charge on any atom is 0.374 e. The Morgan fingerprint density at radius 2 is 1.79 bits per heavy atom. The third-order valence-electron chi connectivity index (χ3n) is 6.55. The van der Waals surface area contributed by atoms with E-state index in [0.717, 1.165) is 25.3 Å². The molecular weight excluding hydrogens is 446 g/mol. The lowest BCUT2D eigenvalue weighted by molar-refractivity contribution is -0.126. The molecule has 0 saturated carbocycles. The number of nitrogens with one attached hydrogen (secondary N) is 1. The van der Waals surface area contributed by atoms with Gasteiger partial charge in [-0.1, -0.05) is 6.92 Å². The lowest BCUT2D eigenvalue weighted by Crippen LogP contribution is -2.43. The van der Waals surface area contributed by atoms with Crippen LogP contribution in [-0.2, 0) is 19.6 Å². The Morgan fingerprint density at radius 3 is 2.45 bits per heavy atom. The van der Waals surface area contributed by atoms with Gasteiger partial charge >= 0.3 is 5.97 Å². The number of amides is 1. The third-order valence-corrected chi connectivity index (χ3v) is 8.33. The minimum atomic E-state index is -3.85. The van der Waals surface area contributed by atoms with E-state index < -0.39 is 16.0 Å². The highest BCUT2D eigenvalue weighted by Gasteiger charge is 2.34. The summed E-state index contributed by atoms with van der Waals surface area (Å²) in [5.41, 5.74) is 0. The number of ether oxygens (including phenoxy) is 1. The molecule has 1 aromatic heterocycles. The standard InChI is InChI=1S/C23H37N3O6S/c1-3-31-23(28)20-6-7-21(32-20)33(29,30)26-16-10-19(11-17-26)22(27)24-12-4-5-13-25-14-8-18(2)9-15-25/h6-7,18-19H,3-5,8-17H2,1-2H3,(H,24,27).